The van der Waals surface area contributed by atoms with E-state index in [1.165, 1.54) is 19.3 Å². The van der Waals surface area contributed by atoms with Gasteiger partial charge in [-0.05, 0) is 31.1 Å². The number of rotatable bonds is 4. The van der Waals surface area contributed by atoms with Crippen molar-refractivity contribution in [3.05, 3.63) is 0 Å². The number of carbonyl (C=O) groups excluding carboxylic acids is 1. The minimum atomic E-state index is 0.124. The van der Waals surface area contributed by atoms with Gasteiger partial charge in [-0.1, -0.05) is 13.8 Å². The fourth-order valence-electron chi connectivity index (χ4n) is 2.46. The maximum Gasteiger partial charge on any atom is 0.221 e. The van der Waals surface area contributed by atoms with Gasteiger partial charge >= 0.3 is 0 Å². The number of amides is 1. The average Bonchev–Trinajstić information content (AvgIpc) is 2.21. The lowest BCUT2D eigenvalue weighted by molar-refractivity contribution is -0.120. The average molecular weight is 212 g/mol. The molecule has 3 nitrogen and oxygen atoms in total. The topological polar surface area (TPSA) is 41.1 Å². The van der Waals surface area contributed by atoms with Gasteiger partial charge in [-0.2, -0.15) is 0 Å². The highest BCUT2D eigenvalue weighted by molar-refractivity contribution is 5.75. The lowest BCUT2D eigenvalue weighted by atomic mass is 9.80. The van der Waals surface area contributed by atoms with Crippen LogP contribution >= 0.6 is 0 Å². The third kappa shape index (κ3) is 4.20. The number of hydrogen-bond donors (Lipinski definition) is 2. The van der Waals surface area contributed by atoms with E-state index < -0.39 is 0 Å². The van der Waals surface area contributed by atoms with Gasteiger partial charge in [-0.15, -0.1) is 0 Å². The van der Waals surface area contributed by atoms with E-state index in [1.54, 1.807) is 7.05 Å². The van der Waals surface area contributed by atoms with Crippen LogP contribution < -0.4 is 10.6 Å². The Balaban J connectivity index is 2.18. The smallest absolute Gasteiger partial charge is 0.221 e. The molecule has 3 heteroatoms. The van der Waals surface area contributed by atoms with Crippen molar-refractivity contribution in [3.63, 3.8) is 0 Å². The summed E-state index contributed by atoms with van der Waals surface area (Å²) in [6.45, 7) is 5.45. The fourth-order valence-corrected chi connectivity index (χ4v) is 2.46. The predicted molar refractivity (Wildman–Crippen MR) is 62.7 cm³/mol. The van der Waals surface area contributed by atoms with E-state index in [-0.39, 0.29) is 5.91 Å². The van der Waals surface area contributed by atoms with Crippen molar-refractivity contribution >= 4 is 5.91 Å². The van der Waals surface area contributed by atoms with E-state index in [0.717, 1.165) is 18.4 Å². The summed E-state index contributed by atoms with van der Waals surface area (Å²) in [4.78, 5) is 11.0. The van der Waals surface area contributed by atoms with Crippen LogP contribution in [0.15, 0.2) is 0 Å². The van der Waals surface area contributed by atoms with Crippen molar-refractivity contribution in [1.82, 2.24) is 10.6 Å². The molecule has 88 valence electrons. The van der Waals surface area contributed by atoms with Crippen LogP contribution in [0.2, 0.25) is 0 Å². The summed E-state index contributed by atoms with van der Waals surface area (Å²) in [5.41, 5.74) is 0. The number of hydrogen-bond acceptors (Lipinski definition) is 2. The normalized spacial score (nSPS) is 31.3. The Morgan fingerprint density at radius 1 is 1.33 bits per heavy atom. The van der Waals surface area contributed by atoms with Crippen molar-refractivity contribution in [2.45, 2.75) is 45.6 Å². The molecule has 3 atom stereocenters. The fraction of sp³-hybridized carbons (Fsp3) is 0.917. The summed E-state index contributed by atoms with van der Waals surface area (Å²) < 4.78 is 0. The summed E-state index contributed by atoms with van der Waals surface area (Å²) in [7, 11) is 1.69. The van der Waals surface area contributed by atoms with E-state index in [4.69, 9.17) is 0 Å². The third-order valence-electron chi connectivity index (χ3n) is 3.47. The summed E-state index contributed by atoms with van der Waals surface area (Å²) in [5.74, 6) is 1.75. The lowest BCUT2D eigenvalue weighted by Crippen LogP contribution is -2.40. The molecule has 1 amide bonds. The molecule has 15 heavy (non-hydrogen) atoms. The van der Waals surface area contributed by atoms with Crippen LogP contribution in [0.5, 0.6) is 0 Å². The molecule has 1 aliphatic rings. The van der Waals surface area contributed by atoms with Gasteiger partial charge in [0.25, 0.3) is 0 Å². The lowest BCUT2D eigenvalue weighted by Gasteiger charge is -2.33. The summed E-state index contributed by atoms with van der Waals surface area (Å²) in [6, 6.07) is 0.617. The van der Waals surface area contributed by atoms with Crippen LogP contribution in [-0.2, 0) is 4.79 Å². The van der Waals surface area contributed by atoms with Gasteiger partial charge in [-0.25, -0.2) is 0 Å². The van der Waals surface area contributed by atoms with E-state index >= 15 is 0 Å². The highest BCUT2D eigenvalue weighted by Gasteiger charge is 2.24. The second-order valence-electron chi connectivity index (χ2n) is 4.88. The first kappa shape index (κ1) is 12.5. The first-order chi connectivity index (χ1) is 7.13. The van der Waals surface area contributed by atoms with Gasteiger partial charge in [0.15, 0.2) is 0 Å². The first-order valence-electron chi connectivity index (χ1n) is 6.07. The van der Waals surface area contributed by atoms with Crippen LogP contribution in [-0.4, -0.2) is 25.5 Å². The number of nitrogens with one attached hydrogen (secondary N) is 2. The molecule has 0 radical (unpaired) electrons. The minimum Gasteiger partial charge on any atom is -0.359 e. The van der Waals surface area contributed by atoms with Crippen LogP contribution in [0.1, 0.15) is 39.5 Å². The second kappa shape index (κ2) is 6.11. The zero-order valence-corrected chi connectivity index (χ0v) is 10.2. The van der Waals surface area contributed by atoms with Crippen molar-refractivity contribution < 1.29 is 4.79 Å². The summed E-state index contributed by atoms with van der Waals surface area (Å²) in [6.07, 6.45) is 4.49. The van der Waals surface area contributed by atoms with E-state index in [2.05, 4.69) is 24.5 Å². The molecule has 1 aliphatic carbocycles. The number of carbonyl (C=O) groups is 1. The van der Waals surface area contributed by atoms with Gasteiger partial charge in [0.1, 0.15) is 0 Å². The second-order valence-corrected chi connectivity index (χ2v) is 4.88. The maximum atomic E-state index is 11.0. The molecule has 0 aliphatic heterocycles. The van der Waals surface area contributed by atoms with Gasteiger partial charge in [-0.3, -0.25) is 4.79 Å². The molecule has 2 N–H and O–H groups in total. The van der Waals surface area contributed by atoms with E-state index in [1.807, 2.05) is 0 Å². The minimum absolute atomic E-state index is 0.124. The Hall–Kier alpha value is -0.570. The van der Waals surface area contributed by atoms with Gasteiger partial charge in [0, 0.05) is 26.1 Å². The van der Waals surface area contributed by atoms with Crippen LogP contribution in [0, 0.1) is 11.8 Å². The standard InChI is InChI=1S/C12H24N2O/c1-9-4-5-11(10(2)8-9)14-7-6-12(15)13-3/h9-11,14H,4-8H2,1-3H3,(H,13,15). The summed E-state index contributed by atoms with van der Waals surface area (Å²) in [5, 5.41) is 6.14. The molecular formula is C12H24N2O. The Kier molecular flexibility index (Phi) is 5.09. The Morgan fingerprint density at radius 2 is 2.07 bits per heavy atom. The molecular weight excluding hydrogens is 188 g/mol. The predicted octanol–water partition coefficient (Wildman–Crippen LogP) is 1.54. The molecule has 1 fully saturated rings. The van der Waals surface area contributed by atoms with Gasteiger partial charge in [0.2, 0.25) is 5.91 Å². The van der Waals surface area contributed by atoms with E-state index in [9.17, 15) is 4.79 Å². The Morgan fingerprint density at radius 3 is 2.67 bits per heavy atom. The summed E-state index contributed by atoms with van der Waals surface area (Å²) >= 11 is 0. The third-order valence-corrected chi connectivity index (χ3v) is 3.47. The zero-order chi connectivity index (χ0) is 11.3. The molecule has 0 bridgehead atoms. The molecule has 0 aromatic heterocycles. The molecule has 0 spiro atoms. The maximum absolute atomic E-state index is 11.0. The zero-order valence-electron chi connectivity index (χ0n) is 10.2. The van der Waals surface area contributed by atoms with Crippen molar-refractivity contribution in [2.24, 2.45) is 11.8 Å². The molecule has 0 aromatic carbocycles. The van der Waals surface area contributed by atoms with Crippen LogP contribution in [0.3, 0.4) is 0 Å². The molecule has 0 heterocycles. The molecule has 1 saturated carbocycles. The molecule has 0 aromatic rings. The molecule has 1 rings (SSSR count). The largest absolute Gasteiger partial charge is 0.359 e. The van der Waals surface area contributed by atoms with Crippen LogP contribution in [0.4, 0.5) is 0 Å². The van der Waals surface area contributed by atoms with Gasteiger partial charge in [0.05, 0.1) is 0 Å². The SMILES string of the molecule is CNC(=O)CCNC1CCC(C)CC1C. The highest BCUT2D eigenvalue weighted by atomic mass is 16.1. The quantitative estimate of drug-likeness (QED) is 0.742. The molecule has 0 saturated heterocycles. The van der Waals surface area contributed by atoms with Crippen molar-refractivity contribution in [3.8, 4) is 0 Å². The van der Waals surface area contributed by atoms with Crippen molar-refractivity contribution in [2.75, 3.05) is 13.6 Å². The Bertz CT molecular complexity index is 206. The van der Waals surface area contributed by atoms with Gasteiger partial charge < -0.3 is 10.6 Å². The highest BCUT2D eigenvalue weighted by Crippen LogP contribution is 2.28. The van der Waals surface area contributed by atoms with Crippen molar-refractivity contribution in [1.29, 1.82) is 0 Å². The van der Waals surface area contributed by atoms with E-state index in [0.29, 0.717) is 12.5 Å². The van der Waals surface area contributed by atoms with Crippen LogP contribution in [0.25, 0.3) is 0 Å². The Labute approximate surface area is 93.0 Å². The monoisotopic (exact) mass is 212 g/mol. The first-order valence-corrected chi connectivity index (χ1v) is 6.07. The molecule has 3 unspecified atom stereocenters.